The lowest BCUT2D eigenvalue weighted by atomic mass is 9.89. The normalized spacial score (nSPS) is 14.4. The Labute approximate surface area is 163 Å². The number of rotatable bonds is 2. The molecule has 0 fully saturated rings. The molecule has 1 aliphatic rings. The zero-order valence-electron chi connectivity index (χ0n) is 17.6. The molecule has 0 unspecified atom stereocenters. The summed E-state index contributed by atoms with van der Waals surface area (Å²) >= 11 is 0. The van der Waals surface area contributed by atoms with Crippen LogP contribution in [0.25, 0.3) is 5.57 Å². The van der Waals surface area contributed by atoms with Gasteiger partial charge in [0.05, 0.1) is 11.4 Å². The number of nitrogens with zero attached hydrogens (tertiary/aromatic N) is 2. The molecule has 0 radical (unpaired) electrons. The summed E-state index contributed by atoms with van der Waals surface area (Å²) in [5.41, 5.74) is 7.99. The maximum Gasteiger partial charge on any atom is 0.135 e. The smallest absolute Gasteiger partial charge is 0.135 e. The Bertz CT molecular complexity index is 932. The average Bonchev–Trinajstić information content (AvgIpc) is 2.78. The van der Waals surface area contributed by atoms with E-state index in [0.29, 0.717) is 5.92 Å². The van der Waals surface area contributed by atoms with Crippen molar-refractivity contribution in [2.24, 2.45) is 15.4 Å². The van der Waals surface area contributed by atoms with E-state index in [1.807, 2.05) is 6.07 Å². The van der Waals surface area contributed by atoms with Gasteiger partial charge in [-0.15, -0.1) is 0 Å². The molecule has 3 rings (SSSR count). The van der Waals surface area contributed by atoms with Gasteiger partial charge in [0.1, 0.15) is 5.84 Å². The quantitative estimate of drug-likeness (QED) is 0.543. The molecular formula is C25H30N2. The van der Waals surface area contributed by atoms with Crippen LogP contribution in [0.1, 0.15) is 71.1 Å². The first-order valence-electron chi connectivity index (χ1n) is 9.74. The molecule has 0 atom stereocenters. The molecule has 0 saturated carbocycles. The zero-order chi connectivity index (χ0) is 19.8. The summed E-state index contributed by atoms with van der Waals surface area (Å²) in [5.74, 6) is 1.34. The lowest BCUT2D eigenvalue weighted by Crippen LogP contribution is -2.20. The molecular weight excluding hydrogens is 328 g/mol. The van der Waals surface area contributed by atoms with Crippen LogP contribution in [0, 0.1) is 5.41 Å². The molecule has 0 spiro atoms. The number of fused-ring (bicyclic) bond motifs is 1. The Morgan fingerprint density at radius 3 is 2.11 bits per heavy atom. The van der Waals surface area contributed by atoms with Gasteiger partial charge in [-0.05, 0) is 37.5 Å². The van der Waals surface area contributed by atoms with Crippen molar-refractivity contribution in [2.75, 3.05) is 0 Å². The number of benzene rings is 2. The molecule has 0 aliphatic carbocycles. The molecule has 1 aliphatic heterocycles. The van der Waals surface area contributed by atoms with Crippen molar-refractivity contribution in [3.8, 4) is 0 Å². The molecule has 0 N–H and O–H groups in total. The van der Waals surface area contributed by atoms with E-state index in [1.54, 1.807) is 0 Å². The monoisotopic (exact) mass is 358 g/mol. The highest BCUT2D eigenvalue weighted by atomic mass is 15.0. The van der Waals surface area contributed by atoms with Crippen molar-refractivity contribution >= 4 is 22.8 Å². The minimum absolute atomic E-state index is 0.134. The van der Waals surface area contributed by atoms with Crippen LogP contribution in [0.3, 0.4) is 0 Å². The van der Waals surface area contributed by atoms with Gasteiger partial charge in [-0.25, -0.2) is 9.98 Å². The topological polar surface area (TPSA) is 24.7 Å². The van der Waals surface area contributed by atoms with E-state index in [-0.39, 0.29) is 5.41 Å². The maximum atomic E-state index is 5.12. The molecule has 140 valence electrons. The Kier molecular flexibility index (Phi) is 5.19. The minimum atomic E-state index is -0.134. The van der Waals surface area contributed by atoms with Crippen molar-refractivity contribution < 1.29 is 0 Å². The maximum absolute atomic E-state index is 5.12. The van der Waals surface area contributed by atoms with Crippen molar-refractivity contribution in [1.82, 2.24) is 0 Å². The molecule has 0 bridgehead atoms. The summed E-state index contributed by atoms with van der Waals surface area (Å²) in [6, 6.07) is 17.1. The van der Waals surface area contributed by atoms with Gasteiger partial charge < -0.3 is 0 Å². The highest BCUT2D eigenvalue weighted by Gasteiger charge is 2.27. The third kappa shape index (κ3) is 3.95. The summed E-state index contributed by atoms with van der Waals surface area (Å²) in [5, 5.41) is 0. The third-order valence-corrected chi connectivity index (χ3v) is 4.86. The highest BCUT2D eigenvalue weighted by molar-refractivity contribution is 6.36. The number of hydrogen-bond donors (Lipinski definition) is 0. The van der Waals surface area contributed by atoms with E-state index in [9.17, 15) is 0 Å². The first-order valence-corrected chi connectivity index (χ1v) is 9.74. The van der Waals surface area contributed by atoms with Gasteiger partial charge in [-0.3, -0.25) is 0 Å². The fraction of sp³-hybridized carbons (Fsp3) is 0.360. The van der Waals surface area contributed by atoms with E-state index in [0.717, 1.165) is 22.8 Å². The second kappa shape index (κ2) is 7.26. The van der Waals surface area contributed by atoms with E-state index in [1.165, 1.54) is 22.3 Å². The largest absolute Gasteiger partial charge is 0.232 e. The molecule has 2 aromatic rings. The fourth-order valence-electron chi connectivity index (χ4n) is 3.29. The molecule has 2 aromatic carbocycles. The van der Waals surface area contributed by atoms with Crippen LogP contribution in [-0.4, -0.2) is 11.5 Å². The van der Waals surface area contributed by atoms with E-state index < -0.39 is 0 Å². The van der Waals surface area contributed by atoms with Crippen LogP contribution in [0.4, 0.5) is 5.69 Å². The Hall–Kier alpha value is -2.48. The molecule has 2 heteroatoms. The summed E-state index contributed by atoms with van der Waals surface area (Å²) in [6.45, 7) is 15.3. The van der Waals surface area contributed by atoms with Crippen molar-refractivity contribution in [3.05, 3.63) is 70.8 Å². The van der Waals surface area contributed by atoms with Crippen LogP contribution < -0.4 is 0 Å². The van der Waals surface area contributed by atoms with Crippen molar-refractivity contribution in [2.45, 2.75) is 54.4 Å². The lowest BCUT2D eigenvalue weighted by Gasteiger charge is -2.18. The zero-order valence-corrected chi connectivity index (χ0v) is 17.6. The Balaban J connectivity index is 2.37. The standard InChI is InChI=1S/C25H30N2/c1-16(2)19-13-14-21-20(15-19)22(17(3)4)23(18-11-9-8-10-12-18)27-24(26-21)25(5,6)7/h8-16H,1-7H3. The number of amidine groups is 1. The Morgan fingerprint density at radius 2 is 1.56 bits per heavy atom. The molecule has 27 heavy (non-hydrogen) atoms. The van der Waals surface area contributed by atoms with Crippen molar-refractivity contribution in [3.63, 3.8) is 0 Å². The van der Waals surface area contributed by atoms with E-state index >= 15 is 0 Å². The average molecular weight is 359 g/mol. The number of aliphatic imine (C=N–C) groups is 2. The molecule has 0 aromatic heterocycles. The van der Waals surface area contributed by atoms with Crippen LogP contribution >= 0.6 is 0 Å². The van der Waals surface area contributed by atoms with Crippen molar-refractivity contribution in [1.29, 1.82) is 0 Å². The van der Waals surface area contributed by atoms with Crippen LogP contribution in [-0.2, 0) is 0 Å². The van der Waals surface area contributed by atoms with Gasteiger partial charge in [0.15, 0.2) is 0 Å². The van der Waals surface area contributed by atoms with Crippen LogP contribution in [0.5, 0.6) is 0 Å². The number of allylic oxidation sites excluding steroid dienone is 2. The summed E-state index contributed by atoms with van der Waals surface area (Å²) in [7, 11) is 0. The SMILES string of the molecule is CC(C)=C1C(c2ccccc2)=NC(C(C)(C)C)=Nc2ccc(C(C)C)cc21. The van der Waals surface area contributed by atoms with Gasteiger partial charge in [0.2, 0.25) is 0 Å². The first kappa shape index (κ1) is 19.3. The predicted octanol–water partition coefficient (Wildman–Crippen LogP) is 7.18. The first-order chi connectivity index (χ1) is 12.7. The molecule has 1 heterocycles. The fourth-order valence-corrected chi connectivity index (χ4v) is 3.29. The van der Waals surface area contributed by atoms with E-state index in [2.05, 4.69) is 90.9 Å². The summed E-state index contributed by atoms with van der Waals surface area (Å²) in [6.07, 6.45) is 0. The van der Waals surface area contributed by atoms with Gasteiger partial charge in [0.25, 0.3) is 0 Å². The van der Waals surface area contributed by atoms with Gasteiger partial charge >= 0.3 is 0 Å². The Morgan fingerprint density at radius 1 is 0.889 bits per heavy atom. The second-order valence-electron chi connectivity index (χ2n) is 8.82. The van der Waals surface area contributed by atoms with Gasteiger partial charge in [-0.1, -0.05) is 76.6 Å². The minimum Gasteiger partial charge on any atom is -0.232 e. The predicted molar refractivity (Wildman–Crippen MR) is 118 cm³/mol. The molecule has 0 saturated heterocycles. The van der Waals surface area contributed by atoms with E-state index in [4.69, 9.17) is 9.98 Å². The summed E-state index contributed by atoms with van der Waals surface area (Å²) < 4.78 is 0. The third-order valence-electron chi connectivity index (χ3n) is 4.86. The van der Waals surface area contributed by atoms with Gasteiger partial charge in [-0.2, -0.15) is 0 Å². The summed E-state index contributed by atoms with van der Waals surface area (Å²) in [4.78, 5) is 10.1. The van der Waals surface area contributed by atoms with Crippen LogP contribution in [0.15, 0.2) is 64.1 Å². The number of hydrogen-bond acceptors (Lipinski definition) is 2. The highest BCUT2D eigenvalue weighted by Crippen LogP contribution is 2.38. The molecule has 0 amide bonds. The lowest BCUT2D eigenvalue weighted by molar-refractivity contribution is 0.586. The van der Waals surface area contributed by atoms with Crippen LogP contribution in [0.2, 0.25) is 0 Å². The second-order valence-corrected chi connectivity index (χ2v) is 8.82. The van der Waals surface area contributed by atoms with Gasteiger partial charge in [0, 0.05) is 22.1 Å². The molecule has 2 nitrogen and oxygen atoms in total.